The maximum absolute atomic E-state index is 12.7. The first kappa shape index (κ1) is 18.7. The lowest BCUT2D eigenvalue weighted by molar-refractivity contribution is -0.135. The highest BCUT2D eigenvalue weighted by Crippen LogP contribution is 2.34. The number of nitrogens with two attached hydrogens (primary N) is 1. The van der Waals surface area contributed by atoms with E-state index in [1.165, 1.54) is 12.8 Å². The molecule has 2 atom stereocenters. The number of allylic oxidation sites excluding steroid dienone is 2. The second kappa shape index (κ2) is 8.35. The van der Waals surface area contributed by atoms with Gasteiger partial charge in [-0.2, -0.15) is 0 Å². The molecule has 2 amide bonds. The summed E-state index contributed by atoms with van der Waals surface area (Å²) in [4.78, 5) is 24.6. The minimum absolute atomic E-state index is 0.0345. The van der Waals surface area contributed by atoms with Gasteiger partial charge in [0, 0.05) is 5.54 Å². The fourth-order valence-electron chi connectivity index (χ4n) is 3.28. The molecule has 4 heteroatoms. The van der Waals surface area contributed by atoms with Gasteiger partial charge in [-0.15, -0.1) is 0 Å². The Bertz CT molecular complexity index is 404. The number of nitrogens with one attached hydrogen (secondary N) is 1. The standard InChI is InChI=1S/C18H32N2O2/c1-5-6-11-14(16(19)21)15(12-13-9-7-8-10-13)17(22)20-18(2,3)4/h5-6,13-15H,7-12H2,1-4H3,(H2,19,21)(H,20,22)/b6-5+. The third-order valence-electron chi connectivity index (χ3n) is 4.37. The van der Waals surface area contributed by atoms with E-state index in [-0.39, 0.29) is 23.3 Å². The molecular weight excluding hydrogens is 276 g/mol. The zero-order chi connectivity index (χ0) is 16.8. The van der Waals surface area contributed by atoms with Crippen molar-refractivity contribution < 1.29 is 9.59 Å². The van der Waals surface area contributed by atoms with Gasteiger partial charge in [0.15, 0.2) is 0 Å². The van der Waals surface area contributed by atoms with Gasteiger partial charge >= 0.3 is 0 Å². The molecule has 1 saturated carbocycles. The summed E-state index contributed by atoms with van der Waals surface area (Å²) in [5.41, 5.74) is 5.30. The van der Waals surface area contributed by atoms with Crippen LogP contribution in [0.1, 0.15) is 66.2 Å². The van der Waals surface area contributed by atoms with E-state index in [9.17, 15) is 9.59 Å². The van der Waals surface area contributed by atoms with Crippen LogP contribution in [0, 0.1) is 17.8 Å². The van der Waals surface area contributed by atoms with E-state index in [0.717, 1.165) is 19.3 Å². The Labute approximate surface area is 134 Å². The number of rotatable bonds is 7. The average Bonchev–Trinajstić information content (AvgIpc) is 2.88. The molecule has 1 aliphatic rings. The first-order valence-electron chi connectivity index (χ1n) is 8.47. The van der Waals surface area contributed by atoms with E-state index in [1.807, 2.05) is 39.8 Å². The van der Waals surface area contributed by atoms with E-state index >= 15 is 0 Å². The van der Waals surface area contributed by atoms with Gasteiger partial charge in [-0.25, -0.2) is 0 Å². The summed E-state index contributed by atoms with van der Waals surface area (Å²) in [6.45, 7) is 7.80. The summed E-state index contributed by atoms with van der Waals surface area (Å²) in [6.07, 6.45) is 9.94. The molecule has 0 heterocycles. The number of hydrogen-bond donors (Lipinski definition) is 2. The Kier molecular flexibility index (Phi) is 7.11. The maximum atomic E-state index is 12.7. The molecule has 4 nitrogen and oxygen atoms in total. The van der Waals surface area contributed by atoms with Crippen LogP contribution in [0.4, 0.5) is 0 Å². The van der Waals surface area contributed by atoms with Crippen LogP contribution in [0.25, 0.3) is 0 Å². The van der Waals surface area contributed by atoms with Gasteiger partial charge < -0.3 is 11.1 Å². The van der Waals surface area contributed by atoms with Crippen LogP contribution in [0.2, 0.25) is 0 Å². The van der Waals surface area contributed by atoms with Crippen LogP contribution < -0.4 is 11.1 Å². The van der Waals surface area contributed by atoms with Crippen LogP contribution in [-0.4, -0.2) is 17.4 Å². The summed E-state index contributed by atoms with van der Waals surface area (Å²) in [5.74, 6) is -0.601. The van der Waals surface area contributed by atoms with E-state index in [2.05, 4.69) is 5.32 Å². The number of carbonyl (C=O) groups excluding carboxylic acids is 2. The highest BCUT2D eigenvalue weighted by molar-refractivity contribution is 5.87. The van der Waals surface area contributed by atoms with E-state index in [0.29, 0.717) is 12.3 Å². The normalized spacial score (nSPS) is 19.3. The molecular formula is C18H32N2O2. The molecule has 2 unspecified atom stereocenters. The van der Waals surface area contributed by atoms with Crippen LogP contribution in [0.5, 0.6) is 0 Å². The molecule has 22 heavy (non-hydrogen) atoms. The molecule has 1 fully saturated rings. The van der Waals surface area contributed by atoms with E-state index in [4.69, 9.17) is 5.73 Å². The van der Waals surface area contributed by atoms with Gasteiger partial charge in [0.25, 0.3) is 0 Å². The van der Waals surface area contributed by atoms with Crippen molar-refractivity contribution in [2.24, 2.45) is 23.5 Å². The summed E-state index contributed by atoms with van der Waals surface area (Å²) in [5, 5.41) is 3.03. The van der Waals surface area contributed by atoms with Gasteiger partial charge in [-0.3, -0.25) is 9.59 Å². The third kappa shape index (κ3) is 6.20. The Morgan fingerprint density at radius 1 is 1.23 bits per heavy atom. The molecule has 1 aliphatic carbocycles. The molecule has 0 bridgehead atoms. The second-order valence-corrected chi connectivity index (χ2v) is 7.55. The SMILES string of the molecule is C/C=C/CC(C(N)=O)C(CC1CCCC1)C(=O)NC(C)(C)C. The van der Waals surface area contributed by atoms with E-state index < -0.39 is 5.92 Å². The highest BCUT2D eigenvalue weighted by Gasteiger charge is 2.35. The Morgan fingerprint density at radius 2 is 1.82 bits per heavy atom. The van der Waals surface area contributed by atoms with Gasteiger partial charge in [-0.05, 0) is 46.5 Å². The third-order valence-corrected chi connectivity index (χ3v) is 4.37. The molecule has 0 aromatic rings. The van der Waals surface area contributed by atoms with Crippen molar-refractivity contribution in [3.8, 4) is 0 Å². The molecule has 0 radical (unpaired) electrons. The van der Waals surface area contributed by atoms with Crippen molar-refractivity contribution in [1.29, 1.82) is 0 Å². The summed E-state index contributed by atoms with van der Waals surface area (Å²) < 4.78 is 0. The van der Waals surface area contributed by atoms with Crippen molar-refractivity contribution in [1.82, 2.24) is 5.32 Å². The maximum Gasteiger partial charge on any atom is 0.224 e. The van der Waals surface area contributed by atoms with Crippen molar-refractivity contribution in [3.05, 3.63) is 12.2 Å². The van der Waals surface area contributed by atoms with Crippen molar-refractivity contribution in [3.63, 3.8) is 0 Å². The molecule has 0 saturated heterocycles. The summed E-state index contributed by atoms with van der Waals surface area (Å²) in [7, 11) is 0. The second-order valence-electron chi connectivity index (χ2n) is 7.55. The van der Waals surface area contributed by atoms with Crippen LogP contribution in [0.15, 0.2) is 12.2 Å². The van der Waals surface area contributed by atoms with E-state index in [1.54, 1.807) is 0 Å². The predicted octanol–water partition coefficient (Wildman–Crippen LogP) is 3.17. The smallest absolute Gasteiger partial charge is 0.224 e. The topological polar surface area (TPSA) is 72.2 Å². The monoisotopic (exact) mass is 308 g/mol. The minimum atomic E-state index is -0.417. The largest absolute Gasteiger partial charge is 0.369 e. The molecule has 126 valence electrons. The molecule has 0 aliphatic heterocycles. The first-order chi connectivity index (χ1) is 10.2. The lowest BCUT2D eigenvalue weighted by Crippen LogP contribution is -2.48. The number of primary amides is 1. The summed E-state index contributed by atoms with van der Waals surface area (Å²) in [6, 6.07) is 0. The van der Waals surface area contributed by atoms with Gasteiger partial charge in [0.2, 0.25) is 11.8 Å². The number of hydrogen-bond acceptors (Lipinski definition) is 2. The molecule has 0 aromatic heterocycles. The predicted molar refractivity (Wildman–Crippen MR) is 90.1 cm³/mol. The van der Waals surface area contributed by atoms with Crippen LogP contribution in [0.3, 0.4) is 0 Å². The highest BCUT2D eigenvalue weighted by atomic mass is 16.2. The van der Waals surface area contributed by atoms with Gasteiger partial charge in [-0.1, -0.05) is 37.8 Å². The minimum Gasteiger partial charge on any atom is -0.369 e. The fraction of sp³-hybridized carbons (Fsp3) is 0.778. The quantitative estimate of drug-likeness (QED) is 0.709. The molecule has 3 N–H and O–H groups in total. The number of carbonyl (C=O) groups is 2. The lowest BCUT2D eigenvalue weighted by Gasteiger charge is -2.30. The lowest BCUT2D eigenvalue weighted by atomic mass is 9.80. The molecule has 1 rings (SSSR count). The van der Waals surface area contributed by atoms with Crippen LogP contribution in [-0.2, 0) is 9.59 Å². The summed E-state index contributed by atoms with van der Waals surface area (Å²) >= 11 is 0. The van der Waals surface area contributed by atoms with Crippen molar-refractivity contribution in [2.75, 3.05) is 0 Å². The molecule has 0 aromatic carbocycles. The fourth-order valence-corrected chi connectivity index (χ4v) is 3.28. The Morgan fingerprint density at radius 3 is 2.27 bits per heavy atom. The van der Waals surface area contributed by atoms with Crippen molar-refractivity contribution >= 4 is 11.8 Å². The van der Waals surface area contributed by atoms with Crippen molar-refractivity contribution in [2.45, 2.75) is 71.8 Å². The number of amides is 2. The molecule has 0 spiro atoms. The Balaban J connectivity index is 2.90. The van der Waals surface area contributed by atoms with Crippen LogP contribution >= 0.6 is 0 Å². The first-order valence-corrected chi connectivity index (χ1v) is 8.47. The van der Waals surface area contributed by atoms with Gasteiger partial charge in [0.05, 0.1) is 11.8 Å². The zero-order valence-corrected chi connectivity index (χ0v) is 14.5. The average molecular weight is 308 g/mol. The van der Waals surface area contributed by atoms with Gasteiger partial charge in [0.1, 0.15) is 0 Å². The zero-order valence-electron chi connectivity index (χ0n) is 14.5. The Hall–Kier alpha value is -1.32.